The van der Waals surface area contributed by atoms with Gasteiger partial charge in [-0.15, -0.1) is 0 Å². The maximum Gasteiger partial charge on any atom is 0.297 e. The first kappa shape index (κ1) is 24.3. The van der Waals surface area contributed by atoms with Crippen LogP contribution in [0.5, 0.6) is 0 Å². The number of hydrogen-bond donors (Lipinski definition) is 0. The molecule has 2 aromatic carbocycles. The number of fused-ring (bicyclic) bond motifs is 1. The predicted octanol–water partition coefficient (Wildman–Crippen LogP) is 2.66. The van der Waals surface area contributed by atoms with Gasteiger partial charge in [-0.05, 0) is 52.0 Å². The second-order valence-electron chi connectivity index (χ2n) is 8.52. The van der Waals surface area contributed by atoms with Crippen molar-refractivity contribution in [3.63, 3.8) is 0 Å². The maximum atomic E-state index is 12.9. The first-order chi connectivity index (χ1) is 15.4. The Morgan fingerprint density at radius 3 is 1.88 bits per heavy atom. The van der Waals surface area contributed by atoms with Gasteiger partial charge in [0, 0.05) is 0 Å². The van der Waals surface area contributed by atoms with Crippen LogP contribution in [0.3, 0.4) is 0 Å². The molecule has 4 rings (SSSR count). The summed E-state index contributed by atoms with van der Waals surface area (Å²) in [6.45, 7) is 6.51. The smallest absolute Gasteiger partial charge is 0.297 e. The molecule has 0 amide bonds. The number of benzene rings is 2. The van der Waals surface area contributed by atoms with Gasteiger partial charge < -0.3 is 14.2 Å². The molecule has 2 aromatic rings. The van der Waals surface area contributed by atoms with Crippen LogP contribution in [0.2, 0.25) is 0 Å². The molecule has 2 aliphatic rings. The van der Waals surface area contributed by atoms with Crippen molar-refractivity contribution in [2.24, 2.45) is 0 Å². The quantitative estimate of drug-likeness (QED) is 0.531. The second kappa shape index (κ2) is 8.73. The van der Waals surface area contributed by atoms with Crippen LogP contribution in [0.4, 0.5) is 0 Å². The minimum atomic E-state index is -4.20. The van der Waals surface area contributed by atoms with Gasteiger partial charge in [-0.2, -0.15) is 16.8 Å². The second-order valence-corrected chi connectivity index (χ2v) is 11.7. The SMILES string of the molecule is Cc1ccc(S(=O)(=O)OC[C@H]2O[C@H]3OC(C)(C)O[C@@H]3[C@@H]2OS(=O)(=O)c2ccc(C)cc2)cc1. The molecule has 33 heavy (non-hydrogen) atoms. The lowest BCUT2D eigenvalue weighted by atomic mass is 10.1. The average molecular weight is 499 g/mol. The Balaban J connectivity index is 1.55. The van der Waals surface area contributed by atoms with Gasteiger partial charge in [-0.1, -0.05) is 35.4 Å². The van der Waals surface area contributed by atoms with Crippen LogP contribution in [0.15, 0.2) is 58.3 Å². The van der Waals surface area contributed by atoms with E-state index in [0.717, 1.165) is 11.1 Å². The van der Waals surface area contributed by atoms with E-state index in [0.29, 0.717) is 0 Å². The van der Waals surface area contributed by atoms with Gasteiger partial charge in [-0.3, -0.25) is 8.37 Å². The maximum absolute atomic E-state index is 12.9. The van der Waals surface area contributed by atoms with Gasteiger partial charge in [0.2, 0.25) is 0 Å². The molecule has 0 aromatic heterocycles. The Morgan fingerprint density at radius 1 is 0.818 bits per heavy atom. The van der Waals surface area contributed by atoms with Gasteiger partial charge in [0.15, 0.2) is 12.1 Å². The fourth-order valence-electron chi connectivity index (χ4n) is 3.63. The van der Waals surface area contributed by atoms with Crippen molar-refractivity contribution in [3.05, 3.63) is 59.7 Å². The van der Waals surface area contributed by atoms with Crippen molar-refractivity contribution in [2.45, 2.75) is 67.9 Å². The lowest BCUT2D eigenvalue weighted by Gasteiger charge is -2.25. The number of hydrogen-bond acceptors (Lipinski definition) is 9. The molecule has 0 saturated carbocycles. The van der Waals surface area contributed by atoms with Crippen molar-refractivity contribution in [3.8, 4) is 0 Å². The molecule has 2 aliphatic heterocycles. The Bertz CT molecular complexity index is 1200. The average Bonchev–Trinajstić information content (AvgIpc) is 3.19. The summed E-state index contributed by atoms with van der Waals surface area (Å²) in [7, 11) is -8.30. The highest BCUT2D eigenvalue weighted by Crippen LogP contribution is 2.40. The summed E-state index contributed by atoms with van der Waals surface area (Å²) in [5, 5.41) is 0. The van der Waals surface area contributed by atoms with E-state index in [1.165, 1.54) is 24.3 Å². The fraction of sp³-hybridized carbons (Fsp3) is 0.455. The van der Waals surface area contributed by atoms with Crippen molar-refractivity contribution in [1.29, 1.82) is 0 Å². The third-order valence-electron chi connectivity index (χ3n) is 5.33. The van der Waals surface area contributed by atoms with Crippen molar-refractivity contribution >= 4 is 20.2 Å². The number of ether oxygens (including phenoxy) is 3. The Morgan fingerprint density at radius 2 is 1.33 bits per heavy atom. The van der Waals surface area contributed by atoms with Gasteiger partial charge in [0.05, 0.1) is 16.4 Å². The molecule has 4 atom stereocenters. The highest BCUT2D eigenvalue weighted by atomic mass is 32.2. The van der Waals surface area contributed by atoms with Gasteiger partial charge >= 0.3 is 0 Å². The van der Waals surface area contributed by atoms with Crippen LogP contribution < -0.4 is 0 Å². The summed E-state index contributed by atoms with van der Waals surface area (Å²) >= 11 is 0. The molecule has 0 bridgehead atoms. The molecule has 11 heteroatoms. The van der Waals surface area contributed by atoms with E-state index in [1.807, 2.05) is 13.8 Å². The van der Waals surface area contributed by atoms with E-state index >= 15 is 0 Å². The topological polar surface area (TPSA) is 114 Å². The summed E-state index contributed by atoms with van der Waals surface area (Å²) in [6, 6.07) is 12.3. The van der Waals surface area contributed by atoms with Crippen LogP contribution in [0, 0.1) is 13.8 Å². The molecule has 0 unspecified atom stereocenters. The van der Waals surface area contributed by atoms with E-state index in [9.17, 15) is 16.8 Å². The van der Waals surface area contributed by atoms with Crippen molar-refractivity contribution in [2.75, 3.05) is 6.61 Å². The number of aryl methyl sites for hydroxylation is 2. The van der Waals surface area contributed by atoms with E-state index in [2.05, 4.69) is 0 Å². The van der Waals surface area contributed by atoms with Gasteiger partial charge in [0.25, 0.3) is 20.2 Å². The van der Waals surface area contributed by atoms with E-state index in [1.54, 1.807) is 38.1 Å². The zero-order valence-corrected chi connectivity index (χ0v) is 20.3. The Hall–Kier alpha value is -1.86. The Kier molecular flexibility index (Phi) is 6.42. The third kappa shape index (κ3) is 5.29. The first-order valence-corrected chi connectivity index (χ1v) is 13.2. The molecule has 0 radical (unpaired) electrons. The van der Waals surface area contributed by atoms with Crippen LogP contribution in [-0.2, 0) is 42.8 Å². The van der Waals surface area contributed by atoms with Crippen LogP contribution >= 0.6 is 0 Å². The van der Waals surface area contributed by atoms with Crippen LogP contribution in [0.25, 0.3) is 0 Å². The van der Waals surface area contributed by atoms with E-state index in [4.69, 9.17) is 22.6 Å². The van der Waals surface area contributed by atoms with E-state index < -0.39 is 57.2 Å². The summed E-state index contributed by atoms with van der Waals surface area (Å²) in [6.07, 6.45) is -4.09. The minimum Gasteiger partial charge on any atom is -0.341 e. The zero-order chi connectivity index (χ0) is 24.0. The lowest BCUT2D eigenvalue weighted by molar-refractivity contribution is -0.215. The summed E-state index contributed by atoms with van der Waals surface area (Å²) in [5.41, 5.74) is 1.78. The molecular formula is C22H26O9S2. The van der Waals surface area contributed by atoms with Crippen LogP contribution in [-0.4, -0.2) is 53.8 Å². The first-order valence-electron chi connectivity index (χ1n) is 10.3. The molecule has 2 fully saturated rings. The van der Waals surface area contributed by atoms with E-state index in [-0.39, 0.29) is 9.79 Å². The molecule has 0 N–H and O–H groups in total. The molecule has 9 nitrogen and oxygen atoms in total. The molecule has 2 saturated heterocycles. The van der Waals surface area contributed by atoms with Crippen LogP contribution in [0.1, 0.15) is 25.0 Å². The largest absolute Gasteiger partial charge is 0.341 e. The summed E-state index contributed by atoms with van der Waals surface area (Å²) in [4.78, 5) is -0.0636. The summed E-state index contributed by atoms with van der Waals surface area (Å²) < 4.78 is 78.9. The summed E-state index contributed by atoms with van der Waals surface area (Å²) in [5.74, 6) is -1.02. The molecule has 180 valence electrons. The fourth-order valence-corrected chi connectivity index (χ4v) is 5.66. The molecular weight excluding hydrogens is 472 g/mol. The molecule has 2 heterocycles. The predicted molar refractivity (Wildman–Crippen MR) is 116 cm³/mol. The Labute approximate surface area is 193 Å². The monoisotopic (exact) mass is 498 g/mol. The minimum absolute atomic E-state index is 0.0235. The highest BCUT2D eigenvalue weighted by Gasteiger charge is 2.57. The third-order valence-corrected chi connectivity index (χ3v) is 7.95. The highest BCUT2D eigenvalue weighted by molar-refractivity contribution is 7.87. The van der Waals surface area contributed by atoms with Gasteiger partial charge in [-0.25, -0.2) is 0 Å². The normalized spacial score (nSPS) is 26.9. The molecule has 0 spiro atoms. The standard InChI is InChI=1S/C22H26O9S2/c1-14-5-9-16(10-6-14)32(23,24)27-13-18-19(20-21(28-18)30-22(3,4)29-20)31-33(25,26)17-11-7-15(2)8-12-17/h5-12,18-21H,13H2,1-4H3/t18-,19-,20-,21+/m1/s1. The molecule has 0 aliphatic carbocycles. The van der Waals surface area contributed by atoms with Crippen molar-refractivity contribution in [1.82, 2.24) is 0 Å². The van der Waals surface area contributed by atoms with Crippen molar-refractivity contribution < 1.29 is 39.4 Å². The number of rotatable bonds is 7. The lowest BCUT2D eigenvalue weighted by Crippen LogP contribution is -2.40. The van der Waals surface area contributed by atoms with Gasteiger partial charge in [0.1, 0.15) is 18.3 Å². The zero-order valence-electron chi connectivity index (χ0n) is 18.6.